The van der Waals surface area contributed by atoms with Crippen molar-refractivity contribution in [2.24, 2.45) is 0 Å². The highest BCUT2D eigenvalue weighted by molar-refractivity contribution is 5.70. The number of carbonyl (C=O) groups is 3. The summed E-state index contributed by atoms with van der Waals surface area (Å²) in [6.45, 7) is 17.7. The molecule has 2 N–H and O–H groups in total. The molecule has 216 valence electrons. The number of hydrogen-bond donors (Lipinski definition) is 2. The van der Waals surface area contributed by atoms with Crippen molar-refractivity contribution in [3.8, 4) is 0 Å². The summed E-state index contributed by atoms with van der Waals surface area (Å²) in [7, 11) is 0. The Morgan fingerprint density at radius 3 is 1.46 bits per heavy atom. The van der Waals surface area contributed by atoms with Gasteiger partial charge in [-0.3, -0.25) is 14.6 Å². The maximum atomic E-state index is 13.0. The third-order valence-corrected chi connectivity index (χ3v) is 5.12. The third kappa shape index (κ3) is 14.4. The number of amides is 2. The maximum Gasteiger partial charge on any atom is 0.410 e. The molecule has 0 saturated carbocycles. The zero-order chi connectivity index (χ0) is 28.6. The summed E-state index contributed by atoms with van der Waals surface area (Å²) in [4.78, 5) is 43.7. The first-order valence-electron chi connectivity index (χ1n) is 12.8. The first-order valence-corrected chi connectivity index (χ1v) is 12.8. The summed E-state index contributed by atoms with van der Waals surface area (Å²) in [6, 6.07) is 0. The molecular formula is C25H48N4O8. The number of carbonyl (C=O) groups excluding carboxylic acids is 2. The van der Waals surface area contributed by atoms with Crippen LogP contribution in [-0.2, 0) is 19.0 Å². The van der Waals surface area contributed by atoms with Gasteiger partial charge < -0.3 is 34.2 Å². The standard InChI is InChI=1S/C25H48N4O8/c1-23(2,3)35-20(32)27-12-10-26(18-19(30)31)11-13-28(21(33)36-24(4,5)6)15-17-29(16-14-27)22(34)37-25(7,8)9/h20,32H,10-18H2,1-9H3,(H,30,31). The Kier molecular flexibility index (Phi) is 12.1. The van der Waals surface area contributed by atoms with Crippen molar-refractivity contribution in [3.63, 3.8) is 0 Å². The van der Waals surface area contributed by atoms with Gasteiger partial charge in [0.1, 0.15) is 11.2 Å². The van der Waals surface area contributed by atoms with Gasteiger partial charge in [0, 0.05) is 52.4 Å². The van der Waals surface area contributed by atoms with Crippen molar-refractivity contribution in [2.45, 2.75) is 85.5 Å². The molecule has 12 heteroatoms. The van der Waals surface area contributed by atoms with Crippen LogP contribution < -0.4 is 0 Å². The van der Waals surface area contributed by atoms with Crippen LogP contribution in [0.3, 0.4) is 0 Å². The highest BCUT2D eigenvalue weighted by Gasteiger charge is 2.30. The van der Waals surface area contributed by atoms with Crippen molar-refractivity contribution in [1.82, 2.24) is 19.6 Å². The van der Waals surface area contributed by atoms with E-state index in [4.69, 9.17) is 14.2 Å². The molecule has 1 rings (SSSR count). The predicted octanol–water partition coefficient (Wildman–Crippen LogP) is 2.25. The fourth-order valence-electron chi connectivity index (χ4n) is 3.45. The highest BCUT2D eigenvalue weighted by Crippen LogP contribution is 2.15. The Hall–Kier alpha value is -2.15. The lowest BCUT2D eigenvalue weighted by Crippen LogP contribution is -2.53. The van der Waals surface area contributed by atoms with Crippen LogP contribution in [0.25, 0.3) is 0 Å². The quantitative estimate of drug-likeness (QED) is 0.520. The van der Waals surface area contributed by atoms with Crippen molar-refractivity contribution in [1.29, 1.82) is 0 Å². The Morgan fingerprint density at radius 2 is 1.05 bits per heavy atom. The number of carboxylic acid groups (broad SMARTS) is 1. The van der Waals surface area contributed by atoms with E-state index in [2.05, 4.69) is 0 Å². The largest absolute Gasteiger partial charge is 0.480 e. The van der Waals surface area contributed by atoms with Gasteiger partial charge in [-0.05, 0) is 62.3 Å². The predicted molar refractivity (Wildman–Crippen MR) is 138 cm³/mol. The minimum atomic E-state index is -1.26. The van der Waals surface area contributed by atoms with Gasteiger partial charge in [0.05, 0.1) is 12.1 Å². The minimum Gasteiger partial charge on any atom is -0.480 e. The van der Waals surface area contributed by atoms with Crippen LogP contribution in [0.1, 0.15) is 62.3 Å². The average Bonchev–Trinajstić information content (AvgIpc) is 2.65. The molecule has 0 radical (unpaired) electrons. The van der Waals surface area contributed by atoms with Gasteiger partial charge in [-0.25, -0.2) is 9.59 Å². The molecule has 1 fully saturated rings. The van der Waals surface area contributed by atoms with Crippen LogP contribution in [0, 0.1) is 0 Å². The van der Waals surface area contributed by atoms with Crippen molar-refractivity contribution in [2.75, 3.05) is 58.9 Å². The van der Waals surface area contributed by atoms with Crippen molar-refractivity contribution >= 4 is 18.2 Å². The fraction of sp³-hybridized carbons (Fsp3) is 0.880. The van der Waals surface area contributed by atoms with E-state index in [0.29, 0.717) is 6.54 Å². The topological polar surface area (TPSA) is 132 Å². The Balaban J connectivity index is 3.23. The number of carboxylic acids is 1. The SMILES string of the molecule is CC(C)(C)OC(=O)N1CCN(CC(=O)O)CCN(C(O)OC(C)(C)C)CCN(C(=O)OC(C)(C)C)CC1. The summed E-state index contributed by atoms with van der Waals surface area (Å²) in [5.41, 5.74) is -2.05. The summed E-state index contributed by atoms with van der Waals surface area (Å²) in [6.07, 6.45) is -2.33. The van der Waals surface area contributed by atoms with E-state index < -0.39 is 41.4 Å². The monoisotopic (exact) mass is 532 g/mol. The number of aliphatic carboxylic acids is 1. The molecular weight excluding hydrogens is 484 g/mol. The van der Waals surface area contributed by atoms with Crippen LogP contribution in [0.2, 0.25) is 0 Å². The minimum absolute atomic E-state index is 0.163. The van der Waals surface area contributed by atoms with E-state index in [0.717, 1.165) is 0 Å². The number of hydrogen-bond acceptors (Lipinski definition) is 9. The Morgan fingerprint density at radius 1 is 0.676 bits per heavy atom. The van der Waals surface area contributed by atoms with E-state index in [1.165, 1.54) is 9.80 Å². The molecule has 2 amide bonds. The number of rotatable bonds is 4. The molecule has 1 unspecified atom stereocenters. The van der Waals surface area contributed by atoms with Gasteiger partial charge in [0.2, 0.25) is 6.41 Å². The number of ether oxygens (including phenoxy) is 3. The fourth-order valence-corrected chi connectivity index (χ4v) is 3.45. The number of aliphatic hydroxyl groups excluding tert-OH is 1. The highest BCUT2D eigenvalue weighted by atomic mass is 16.6. The first-order chi connectivity index (χ1) is 16.8. The molecule has 1 aliphatic rings. The van der Waals surface area contributed by atoms with Crippen LogP contribution in [0.15, 0.2) is 0 Å². The smallest absolute Gasteiger partial charge is 0.410 e. The van der Waals surface area contributed by atoms with Crippen LogP contribution in [-0.4, -0.2) is 130 Å². The van der Waals surface area contributed by atoms with E-state index in [1.807, 2.05) is 20.8 Å². The zero-order valence-corrected chi connectivity index (χ0v) is 24.1. The molecule has 0 aromatic rings. The lowest BCUT2D eigenvalue weighted by atomic mass is 10.2. The van der Waals surface area contributed by atoms with E-state index in [-0.39, 0.29) is 52.4 Å². The van der Waals surface area contributed by atoms with Crippen molar-refractivity contribution < 1.29 is 38.8 Å². The average molecular weight is 533 g/mol. The molecule has 12 nitrogen and oxygen atoms in total. The molecule has 1 atom stereocenters. The first kappa shape index (κ1) is 32.9. The van der Waals surface area contributed by atoms with Gasteiger partial charge in [-0.15, -0.1) is 0 Å². The van der Waals surface area contributed by atoms with E-state index >= 15 is 0 Å². The molecule has 37 heavy (non-hydrogen) atoms. The van der Waals surface area contributed by atoms with Crippen molar-refractivity contribution in [3.05, 3.63) is 0 Å². The maximum absolute atomic E-state index is 13.0. The molecule has 0 bridgehead atoms. The molecule has 1 aliphatic heterocycles. The van der Waals surface area contributed by atoms with E-state index in [1.54, 1.807) is 51.3 Å². The molecule has 0 aromatic heterocycles. The Bertz CT molecular complexity index is 757. The Labute approximate surface area is 221 Å². The summed E-state index contributed by atoms with van der Waals surface area (Å²) >= 11 is 0. The van der Waals surface area contributed by atoms with Crippen LogP contribution in [0.4, 0.5) is 9.59 Å². The van der Waals surface area contributed by atoms with Gasteiger partial charge in [-0.1, -0.05) is 0 Å². The molecule has 0 spiro atoms. The summed E-state index contributed by atoms with van der Waals surface area (Å²) < 4.78 is 16.9. The summed E-state index contributed by atoms with van der Waals surface area (Å²) in [5.74, 6) is -0.995. The lowest BCUT2D eigenvalue weighted by molar-refractivity contribution is -0.239. The van der Waals surface area contributed by atoms with Crippen LogP contribution in [0.5, 0.6) is 0 Å². The lowest BCUT2D eigenvalue weighted by Gasteiger charge is -2.37. The molecule has 0 aromatic carbocycles. The van der Waals surface area contributed by atoms with Gasteiger partial charge >= 0.3 is 18.2 Å². The second kappa shape index (κ2) is 13.6. The second-order valence-corrected chi connectivity index (χ2v) is 12.2. The molecule has 1 saturated heterocycles. The van der Waals surface area contributed by atoms with Crippen LogP contribution >= 0.6 is 0 Å². The second-order valence-electron chi connectivity index (χ2n) is 12.2. The third-order valence-electron chi connectivity index (χ3n) is 5.12. The van der Waals surface area contributed by atoms with E-state index in [9.17, 15) is 24.6 Å². The molecule has 0 aliphatic carbocycles. The van der Waals surface area contributed by atoms with Gasteiger partial charge in [0.15, 0.2) is 0 Å². The normalized spacial score (nSPS) is 19.0. The number of aliphatic hydroxyl groups is 1. The zero-order valence-electron chi connectivity index (χ0n) is 24.1. The molecule has 1 heterocycles. The van der Waals surface area contributed by atoms with Gasteiger partial charge in [-0.2, -0.15) is 0 Å². The van der Waals surface area contributed by atoms with Gasteiger partial charge in [0.25, 0.3) is 0 Å². The summed E-state index contributed by atoms with van der Waals surface area (Å²) in [5, 5.41) is 20.2. The number of nitrogens with zero attached hydrogens (tertiary/aromatic N) is 4.